The van der Waals surface area contributed by atoms with E-state index in [4.69, 9.17) is 28.8 Å². The molecule has 0 aliphatic heterocycles. The Bertz CT molecular complexity index is 666. The Kier molecular flexibility index (Phi) is 3.90. The van der Waals surface area contributed by atoms with E-state index in [0.717, 1.165) is 11.4 Å². The number of halogens is 1. The van der Waals surface area contributed by atoms with Crippen molar-refractivity contribution in [3.05, 3.63) is 41.2 Å². The van der Waals surface area contributed by atoms with Crippen LogP contribution in [0.2, 0.25) is 5.15 Å². The summed E-state index contributed by atoms with van der Waals surface area (Å²) in [5.41, 5.74) is 18.2. The lowest BCUT2D eigenvalue weighted by Gasteiger charge is -2.03. The third-order valence-electron chi connectivity index (χ3n) is 2.37. The van der Waals surface area contributed by atoms with Crippen LogP contribution in [0, 0.1) is 6.92 Å². The molecule has 1 aromatic heterocycles. The summed E-state index contributed by atoms with van der Waals surface area (Å²) < 4.78 is 1.63. The average molecular weight is 292 g/mol. The zero-order valence-electron chi connectivity index (χ0n) is 10.8. The Hall–Kier alpha value is -2.54. The Morgan fingerprint density at radius 3 is 2.35 bits per heavy atom. The summed E-state index contributed by atoms with van der Waals surface area (Å²) in [5, 5.41) is 4.82. The van der Waals surface area contributed by atoms with E-state index in [1.807, 2.05) is 19.1 Å². The van der Waals surface area contributed by atoms with Gasteiger partial charge in [0.15, 0.2) is 5.96 Å². The van der Waals surface area contributed by atoms with Crippen LogP contribution in [0.3, 0.4) is 0 Å². The van der Waals surface area contributed by atoms with E-state index in [1.54, 1.807) is 22.9 Å². The third-order valence-corrected chi connectivity index (χ3v) is 2.64. The summed E-state index contributed by atoms with van der Waals surface area (Å²) in [6, 6.07) is 8.94. The number of nitrogens with two attached hydrogens (primary N) is 3. The minimum atomic E-state index is -0.137. The molecule has 0 saturated carbocycles. The number of aliphatic imine (C=N–C) groups is 2. The number of benzene rings is 1. The summed E-state index contributed by atoms with van der Waals surface area (Å²) in [6.45, 7) is 1.87. The number of guanidine groups is 2. The van der Waals surface area contributed by atoms with Gasteiger partial charge in [0.25, 0.3) is 0 Å². The molecule has 6 N–H and O–H groups in total. The molecule has 2 aromatic rings. The smallest absolute Gasteiger partial charge is 0.223 e. The van der Waals surface area contributed by atoms with Gasteiger partial charge in [-0.1, -0.05) is 11.6 Å². The number of hydrogen-bond acceptors (Lipinski definition) is 2. The Labute approximate surface area is 120 Å². The largest absolute Gasteiger partial charge is 0.370 e. The van der Waals surface area contributed by atoms with E-state index < -0.39 is 0 Å². The van der Waals surface area contributed by atoms with Gasteiger partial charge in [0.05, 0.1) is 17.1 Å². The van der Waals surface area contributed by atoms with Crippen LogP contribution in [0.25, 0.3) is 5.69 Å². The molecule has 1 aromatic carbocycles. The van der Waals surface area contributed by atoms with Gasteiger partial charge in [0.1, 0.15) is 5.15 Å². The summed E-state index contributed by atoms with van der Waals surface area (Å²) in [5.74, 6) is -0.146. The second-order valence-corrected chi connectivity index (χ2v) is 4.43. The van der Waals surface area contributed by atoms with Crippen molar-refractivity contribution in [2.45, 2.75) is 6.92 Å². The fraction of sp³-hybridized carbons (Fsp3) is 0.0833. The maximum absolute atomic E-state index is 6.07. The van der Waals surface area contributed by atoms with Crippen LogP contribution in [0.15, 0.2) is 40.3 Å². The Morgan fingerprint density at radius 2 is 1.85 bits per heavy atom. The van der Waals surface area contributed by atoms with Gasteiger partial charge in [-0.25, -0.2) is 9.67 Å². The van der Waals surface area contributed by atoms with Crippen molar-refractivity contribution in [3.8, 4) is 5.69 Å². The molecule has 0 aliphatic rings. The lowest BCUT2D eigenvalue weighted by molar-refractivity contribution is 0.863. The van der Waals surface area contributed by atoms with Gasteiger partial charge in [-0.3, -0.25) is 0 Å². The molecule has 104 valence electrons. The van der Waals surface area contributed by atoms with Crippen LogP contribution in [-0.4, -0.2) is 21.7 Å². The van der Waals surface area contributed by atoms with Gasteiger partial charge in [0, 0.05) is 0 Å². The van der Waals surface area contributed by atoms with E-state index in [1.165, 1.54) is 0 Å². The van der Waals surface area contributed by atoms with Crippen molar-refractivity contribution in [1.82, 2.24) is 9.78 Å². The first kappa shape index (κ1) is 13.9. The quantitative estimate of drug-likeness (QED) is 0.565. The fourth-order valence-corrected chi connectivity index (χ4v) is 1.90. The molecule has 0 spiro atoms. The standard InChI is InChI=1S/C12H14ClN7/c1-7-6-10(13)20(19-7)9-4-2-8(3-5-9)17-12(16)18-11(14)15/h2-6H,1H3,(H6,14,15,16,17,18). The fourth-order valence-electron chi connectivity index (χ4n) is 1.61. The van der Waals surface area contributed by atoms with Crippen LogP contribution < -0.4 is 17.2 Å². The molecule has 0 bridgehead atoms. The molecule has 2 rings (SSSR count). The summed E-state index contributed by atoms with van der Waals surface area (Å²) >= 11 is 6.07. The Morgan fingerprint density at radius 1 is 1.20 bits per heavy atom. The lowest BCUT2D eigenvalue weighted by Crippen LogP contribution is -2.26. The number of nitrogens with zero attached hydrogens (tertiary/aromatic N) is 4. The van der Waals surface area contributed by atoms with E-state index in [9.17, 15) is 0 Å². The molecule has 0 aliphatic carbocycles. The van der Waals surface area contributed by atoms with Crippen LogP contribution >= 0.6 is 11.6 Å². The van der Waals surface area contributed by atoms with E-state index >= 15 is 0 Å². The van der Waals surface area contributed by atoms with Gasteiger partial charge >= 0.3 is 0 Å². The highest BCUT2D eigenvalue weighted by atomic mass is 35.5. The van der Waals surface area contributed by atoms with Crippen LogP contribution in [0.4, 0.5) is 5.69 Å². The van der Waals surface area contributed by atoms with Crippen LogP contribution in [0.1, 0.15) is 5.69 Å². The predicted molar refractivity (Wildman–Crippen MR) is 80.4 cm³/mol. The number of hydrogen-bond donors (Lipinski definition) is 3. The molecule has 0 atom stereocenters. The van der Waals surface area contributed by atoms with Crippen molar-refractivity contribution >= 4 is 29.2 Å². The number of aryl methyl sites for hydroxylation is 1. The molecule has 20 heavy (non-hydrogen) atoms. The SMILES string of the molecule is Cc1cc(Cl)n(-c2ccc(N=C(N)N=C(N)N)cc2)n1. The van der Waals surface area contributed by atoms with Gasteiger partial charge in [-0.15, -0.1) is 0 Å². The van der Waals surface area contributed by atoms with Crippen molar-refractivity contribution in [1.29, 1.82) is 0 Å². The minimum absolute atomic E-state index is 0.00860. The molecule has 0 amide bonds. The van der Waals surface area contributed by atoms with Crippen molar-refractivity contribution in [2.75, 3.05) is 0 Å². The van der Waals surface area contributed by atoms with Crippen molar-refractivity contribution < 1.29 is 0 Å². The first-order chi connectivity index (χ1) is 9.45. The topological polar surface area (TPSA) is 121 Å². The first-order valence-electron chi connectivity index (χ1n) is 5.72. The molecular weight excluding hydrogens is 278 g/mol. The van der Waals surface area contributed by atoms with Gasteiger partial charge < -0.3 is 17.2 Å². The maximum Gasteiger partial charge on any atom is 0.223 e. The molecule has 0 saturated heterocycles. The third kappa shape index (κ3) is 3.27. The van der Waals surface area contributed by atoms with Gasteiger partial charge in [-0.2, -0.15) is 10.1 Å². The summed E-state index contributed by atoms with van der Waals surface area (Å²) in [7, 11) is 0. The second-order valence-electron chi connectivity index (χ2n) is 4.04. The van der Waals surface area contributed by atoms with E-state index in [-0.39, 0.29) is 11.9 Å². The zero-order valence-corrected chi connectivity index (χ0v) is 11.5. The average Bonchev–Trinajstić information content (AvgIpc) is 2.68. The summed E-state index contributed by atoms with van der Waals surface area (Å²) in [6.07, 6.45) is 0. The highest BCUT2D eigenvalue weighted by Gasteiger charge is 2.05. The van der Waals surface area contributed by atoms with E-state index in [2.05, 4.69) is 15.1 Å². The highest BCUT2D eigenvalue weighted by molar-refractivity contribution is 6.29. The monoisotopic (exact) mass is 291 g/mol. The lowest BCUT2D eigenvalue weighted by atomic mass is 10.3. The highest BCUT2D eigenvalue weighted by Crippen LogP contribution is 2.20. The molecule has 0 unspecified atom stereocenters. The number of aromatic nitrogens is 2. The molecular formula is C12H14ClN7. The van der Waals surface area contributed by atoms with Crippen molar-refractivity contribution in [2.24, 2.45) is 27.2 Å². The van der Waals surface area contributed by atoms with Gasteiger partial charge in [-0.05, 0) is 37.3 Å². The van der Waals surface area contributed by atoms with E-state index in [0.29, 0.717) is 10.8 Å². The second kappa shape index (κ2) is 5.62. The molecule has 7 nitrogen and oxygen atoms in total. The molecule has 8 heteroatoms. The molecule has 0 fully saturated rings. The summed E-state index contributed by atoms with van der Waals surface area (Å²) in [4.78, 5) is 7.68. The van der Waals surface area contributed by atoms with Crippen LogP contribution in [0.5, 0.6) is 0 Å². The first-order valence-corrected chi connectivity index (χ1v) is 6.10. The Balaban J connectivity index is 2.27. The van der Waals surface area contributed by atoms with Crippen molar-refractivity contribution in [3.63, 3.8) is 0 Å². The zero-order chi connectivity index (χ0) is 14.7. The predicted octanol–water partition coefficient (Wildman–Crippen LogP) is 1.05. The minimum Gasteiger partial charge on any atom is -0.370 e. The van der Waals surface area contributed by atoms with Gasteiger partial charge in [0.2, 0.25) is 5.96 Å². The van der Waals surface area contributed by atoms with Crippen LogP contribution in [-0.2, 0) is 0 Å². The molecule has 1 heterocycles. The maximum atomic E-state index is 6.07. The number of rotatable bonds is 2. The normalized spacial score (nSPS) is 11.4. The molecule has 0 radical (unpaired) electrons.